The number of nitrogens with one attached hydrogen (secondary N) is 2. The molecule has 0 saturated heterocycles. The molecule has 1 fully saturated rings. The molecule has 1 aromatic rings. The van der Waals surface area contributed by atoms with Crippen LogP contribution in [-0.4, -0.2) is 44.7 Å². The molecule has 0 unspecified atom stereocenters. The van der Waals surface area contributed by atoms with Gasteiger partial charge in [-0.15, -0.1) is 0 Å². The Bertz CT molecular complexity index is 832. The van der Waals surface area contributed by atoms with Gasteiger partial charge in [0.05, 0.1) is 12.5 Å². The van der Waals surface area contributed by atoms with Crippen LogP contribution < -0.4 is 10.0 Å². The van der Waals surface area contributed by atoms with Crippen LogP contribution in [0.5, 0.6) is 0 Å². The average Bonchev–Trinajstić information content (AvgIpc) is 2.67. The number of ether oxygens (including phenoxy) is 2. The molecular weight excluding hydrogens is 429 g/mol. The molecule has 0 radical (unpaired) electrons. The Balaban J connectivity index is 2.06. The number of alkyl carbamates (subject to hydrolysis) is 1. The van der Waals surface area contributed by atoms with Crippen molar-refractivity contribution in [1.82, 2.24) is 10.0 Å². The third-order valence-corrected chi connectivity index (χ3v) is 5.82. The van der Waals surface area contributed by atoms with Crippen molar-refractivity contribution in [2.45, 2.75) is 50.4 Å². The summed E-state index contributed by atoms with van der Waals surface area (Å²) >= 11 is 0. The van der Waals surface area contributed by atoms with Gasteiger partial charge in [0.1, 0.15) is 6.61 Å². The van der Waals surface area contributed by atoms with E-state index in [0.29, 0.717) is 5.56 Å². The van der Waals surface area contributed by atoms with E-state index in [1.807, 2.05) is 0 Å². The zero-order chi connectivity index (χ0) is 22.4. The summed E-state index contributed by atoms with van der Waals surface area (Å²) in [6.45, 7) is 1.60. The fourth-order valence-corrected chi connectivity index (χ4v) is 3.92. The first-order valence-corrected chi connectivity index (χ1v) is 10.7. The standard InChI is InChI=1S/C18H23F3N2O6S/c1-2-28-16(24)13-8-9-14(15(10-13)23-30(26,27)18(19,20)21)22-17(25)29-11-12-6-4-3-5-7-12/h3-7,13-15,23H,2,8-11H2,1H3,(H,22,25)/t13-,14-,15+/m0/s1. The Kier molecular flexibility index (Phi) is 8.07. The van der Waals surface area contributed by atoms with E-state index in [0.717, 1.165) is 0 Å². The molecule has 1 aliphatic rings. The second-order valence-corrected chi connectivity index (χ2v) is 8.45. The van der Waals surface area contributed by atoms with Crippen LogP contribution in [0.3, 0.4) is 0 Å². The van der Waals surface area contributed by atoms with Crippen LogP contribution in [0.15, 0.2) is 30.3 Å². The third kappa shape index (κ3) is 6.59. The minimum absolute atomic E-state index is 0.0644. The number of rotatable bonds is 7. The van der Waals surface area contributed by atoms with E-state index in [4.69, 9.17) is 9.47 Å². The lowest BCUT2D eigenvalue weighted by Gasteiger charge is -2.35. The van der Waals surface area contributed by atoms with Crippen LogP contribution in [0.1, 0.15) is 31.7 Å². The monoisotopic (exact) mass is 452 g/mol. The molecule has 1 amide bonds. The van der Waals surface area contributed by atoms with Crippen LogP contribution in [0.4, 0.5) is 18.0 Å². The van der Waals surface area contributed by atoms with E-state index in [1.165, 1.54) is 0 Å². The Morgan fingerprint density at radius 2 is 1.77 bits per heavy atom. The SMILES string of the molecule is CCOC(=O)[C@H]1CC[C@H](NC(=O)OCc2ccccc2)[C@H](NS(=O)(=O)C(F)(F)F)C1. The van der Waals surface area contributed by atoms with E-state index < -0.39 is 45.6 Å². The molecule has 1 aliphatic carbocycles. The highest BCUT2D eigenvalue weighted by molar-refractivity contribution is 7.90. The lowest BCUT2D eigenvalue weighted by Crippen LogP contribution is -2.57. The van der Waals surface area contributed by atoms with Gasteiger partial charge in [-0.1, -0.05) is 30.3 Å². The summed E-state index contributed by atoms with van der Waals surface area (Å²) in [6.07, 6.45) is -0.881. The number of benzene rings is 1. The van der Waals surface area contributed by atoms with Gasteiger partial charge in [0.15, 0.2) is 0 Å². The van der Waals surface area contributed by atoms with Gasteiger partial charge in [-0.3, -0.25) is 4.79 Å². The number of hydrogen-bond acceptors (Lipinski definition) is 6. The van der Waals surface area contributed by atoms with Crippen LogP contribution in [-0.2, 0) is 30.9 Å². The van der Waals surface area contributed by atoms with E-state index in [2.05, 4.69) is 5.32 Å². The molecule has 0 spiro atoms. The first-order valence-electron chi connectivity index (χ1n) is 9.26. The smallest absolute Gasteiger partial charge is 0.466 e. The van der Waals surface area contributed by atoms with Crippen LogP contribution in [0.2, 0.25) is 0 Å². The summed E-state index contributed by atoms with van der Waals surface area (Å²) in [5.74, 6) is -1.41. The number of halogens is 3. The van der Waals surface area contributed by atoms with Gasteiger partial charge in [0.2, 0.25) is 0 Å². The highest BCUT2D eigenvalue weighted by Gasteiger charge is 2.49. The van der Waals surface area contributed by atoms with Crippen molar-refractivity contribution >= 4 is 22.1 Å². The second-order valence-electron chi connectivity index (χ2n) is 6.75. The highest BCUT2D eigenvalue weighted by Crippen LogP contribution is 2.29. The minimum atomic E-state index is -5.68. The topological polar surface area (TPSA) is 111 Å². The van der Waals surface area contributed by atoms with E-state index in [1.54, 1.807) is 42.0 Å². The molecule has 2 rings (SSSR count). The summed E-state index contributed by atoms with van der Waals surface area (Å²) in [6, 6.07) is 6.36. The molecule has 1 saturated carbocycles. The Labute approximate surface area is 172 Å². The predicted octanol–water partition coefficient (Wildman–Crippen LogP) is 2.45. The number of hydrogen-bond donors (Lipinski definition) is 2. The Hall–Kier alpha value is -2.34. The lowest BCUT2D eigenvalue weighted by molar-refractivity contribution is -0.149. The zero-order valence-electron chi connectivity index (χ0n) is 16.1. The van der Waals surface area contributed by atoms with Crippen molar-refractivity contribution in [2.24, 2.45) is 5.92 Å². The normalized spacial score (nSPS) is 22.2. The fraction of sp³-hybridized carbons (Fsp3) is 0.556. The number of alkyl halides is 3. The zero-order valence-corrected chi connectivity index (χ0v) is 17.0. The van der Waals surface area contributed by atoms with Crippen molar-refractivity contribution in [3.63, 3.8) is 0 Å². The van der Waals surface area contributed by atoms with Gasteiger partial charge in [0.25, 0.3) is 0 Å². The highest BCUT2D eigenvalue weighted by atomic mass is 32.2. The molecule has 2 N–H and O–H groups in total. The lowest BCUT2D eigenvalue weighted by atomic mass is 9.83. The van der Waals surface area contributed by atoms with Crippen molar-refractivity contribution < 1.29 is 40.7 Å². The molecule has 30 heavy (non-hydrogen) atoms. The van der Waals surface area contributed by atoms with Crippen LogP contribution >= 0.6 is 0 Å². The van der Waals surface area contributed by atoms with Gasteiger partial charge in [-0.05, 0) is 31.7 Å². The molecule has 0 bridgehead atoms. The largest absolute Gasteiger partial charge is 0.511 e. The molecule has 3 atom stereocenters. The van der Waals surface area contributed by atoms with Crippen LogP contribution in [0, 0.1) is 5.92 Å². The quantitative estimate of drug-likeness (QED) is 0.615. The van der Waals surface area contributed by atoms with Crippen molar-refractivity contribution in [2.75, 3.05) is 6.61 Å². The van der Waals surface area contributed by atoms with Crippen molar-refractivity contribution in [3.05, 3.63) is 35.9 Å². The molecule has 1 aromatic carbocycles. The molecule has 8 nitrogen and oxygen atoms in total. The summed E-state index contributed by atoms with van der Waals surface area (Å²) in [5.41, 5.74) is -4.82. The summed E-state index contributed by atoms with van der Waals surface area (Å²) in [5, 5.41) is 2.40. The maximum absolute atomic E-state index is 12.8. The second kappa shape index (κ2) is 10.1. The maximum atomic E-state index is 12.8. The van der Waals surface area contributed by atoms with Gasteiger partial charge < -0.3 is 14.8 Å². The van der Waals surface area contributed by atoms with Gasteiger partial charge in [0, 0.05) is 12.1 Å². The van der Waals surface area contributed by atoms with E-state index in [-0.39, 0.29) is 32.5 Å². The third-order valence-electron chi connectivity index (χ3n) is 4.60. The summed E-state index contributed by atoms with van der Waals surface area (Å²) < 4.78 is 73.1. The van der Waals surface area contributed by atoms with E-state index >= 15 is 0 Å². The molecule has 12 heteroatoms. The maximum Gasteiger partial charge on any atom is 0.511 e. The molecule has 0 aliphatic heterocycles. The van der Waals surface area contributed by atoms with Crippen molar-refractivity contribution in [3.8, 4) is 0 Å². The molecular formula is C18H23F3N2O6S. The molecule has 0 heterocycles. The van der Waals surface area contributed by atoms with Gasteiger partial charge >= 0.3 is 27.6 Å². The minimum Gasteiger partial charge on any atom is -0.466 e. The predicted molar refractivity (Wildman–Crippen MR) is 99.4 cm³/mol. The van der Waals surface area contributed by atoms with Crippen molar-refractivity contribution in [1.29, 1.82) is 0 Å². The summed E-state index contributed by atoms with van der Waals surface area (Å²) in [4.78, 5) is 24.0. The molecule has 168 valence electrons. The number of amides is 1. The number of carbonyl (C=O) groups excluding carboxylic acids is 2. The van der Waals surface area contributed by atoms with Gasteiger partial charge in [-0.2, -0.15) is 13.2 Å². The average molecular weight is 452 g/mol. The van der Waals surface area contributed by atoms with E-state index in [9.17, 15) is 31.2 Å². The first kappa shape index (κ1) is 23.9. The number of sulfonamides is 1. The Morgan fingerprint density at radius 3 is 2.37 bits per heavy atom. The fourth-order valence-electron chi connectivity index (χ4n) is 3.13. The Morgan fingerprint density at radius 1 is 1.10 bits per heavy atom. The first-order chi connectivity index (χ1) is 14.0. The molecule has 0 aromatic heterocycles. The number of carbonyl (C=O) groups is 2. The van der Waals surface area contributed by atoms with Crippen LogP contribution in [0.25, 0.3) is 0 Å². The van der Waals surface area contributed by atoms with Gasteiger partial charge in [-0.25, -0.2) is 17.9 Å². The summed E-state index contributed by atoms with van der Waals surface area (Å²) in [7, 11) is -5.68. The number of esters is 1.